The minimum absolute atomic E-state index is 0.0515. The van der Waals surface area contributed by atoms with Crippen LogP contribution >= 0.6 is 0 Å². The van der Waals surface area contributed by atoms with Gasteiger partial charge in [0, 0.05) is 42.1 Å². The quantitative estimate of drug-likeness (QED) is 0.571. The van der Waals surface area contributed by atoms with Gasteiger partial charge in [0.2, 0.25) is 11.8 Å². The fourth-order valence-corrected chi connectivity index (χ4v) is 2.61. The molecule has 0 saturated heterocycles. The molecule has 132 valence electrons. The van der Waals surface area contributed by atoms with E-state index in [0.717, 1.165) is 28.5 Å². The van der Waals surface area contributed by atoms with Gasteiger partial charge in [0.05, 0.1) is 6.54 Å². The van der Waals surface area contributed by atoms with E-state index in [0.29, 0.717) is 6.54 Å². The Morgan fingerprint density at radius 3 is 2.85 bits per heavy atom. The van der Waals surface area contributed by atoms with Crippen LogP contribution in [0.3, 0.4) is 0 Å². The molecule has 3 rings (SSSR count). The summed E-state index contributed by atoms with van der Waals surface area (Å²) in [7, 11) is 0. The summed E-state index contributed by atoms with van der Waals surface area (Å²) in [5.74, 6) is -0.534. The van der Waals surface area contributed by atoms with Crippen molar-refractivity contribution in [1.29, 1.82) is 0 Å². The lowest BCUT2D eigenvalue weighted by molar-refractivity contribution is -0.123. The summed E-state index contributed by atoms with van der Waals surface area (Å²) in [5, 5.41) is 6.54. The Balaban J connectivity index is 1.39. The van der Waals surface area contributed by atoms with Gasteiger partial charge in [0.25, 0.3) is 0 Å². The monoisotopic (exact) mass is 348 g/mol. The molecule has 2 heterocycles. The van der Waals surface area contributed by atoms with Crippen molar-refractivity contribution >= 4 is 28.8 Å². The summed E-state index contributed by atoms with van der Waals surface area (Å²) >= 11 is 0. The molecule has 2 amide bonds. The van der Waals surface area contributed by atoms with Crippen LogP contribution in [-0.4, -0.2) is 34.9 Å². The molecule has 0 unspecified atom stereocenters. The highest BCUT2D eigenvalue weighted by Gasteiger charge is 2.05. The second-order valence-electron chi connectivity index (χ2n) is 5.80. The molecule has 0 atom stereocenters. The van der Waals surface area contributed by atoms with E-state index in [1.165, 1.54) is 6.08 Å². The number of aromatic nitrogens is 2. The second kappa shape index (κ2) is 8.62. The predicted molar refractivity (Wildman–Crippen MR) is 101 cm³/mol. The first-order valence-corrected chi connectivity index (χ1v) is 8.40. The number of carbonyl (C=O) groups excluding carboxylic acids is 2. The van der Waals surface area contributed by atoms with Gasteiger partial charge < -0.3 is 15.6 Å². The molecule has 0 aliphatic carbocycles. The number of carbonyl (C=O) groups is 2. The van der Waals surface area contributed by atoms with E-state index < -0.39 is 0 Å². The number of para-hydroxylation sites is 1. The molecular weight excluding hydrogens is 328 g/mol. The summed E-state index contributed by atoms with van der Waals surface area (Å²) in [5.41, 5.74) is 3.07. The van der Waals surface area contributed by atoms with E-state index in [1.807, 2.05) is 30.5 Å². The fraction of sp³-hybridized carbons (Fsp3) is 0.150. The molecule has 1 aromatic carbocycles. The highest BCUT2D eigenvalue weighted by molar-refractivity contribution is 5.94. The van der Waals surface area contributed by atoms with Crippen LogP contribution in [0.2, 0.25) is 0 Å². The maximum Gasteiger partial charge on any atom is 0.244 e. The fourth-order valence-electron chi connectivity index (χ4n) is 2.61. The van der Waals surface area contributed by atoms with Crippen LogP contribution in [0, 0.1) is 0 Å². The topological polar surface area (TPSA) is 86.9 Å². The van der Waals surface area contributed by atoms with E-state index in [9.17, 15) is 9.59 Å². The molecule has 0 aliphatic heterocycles. The third-order valence-corrected chi connectivity index (χ3v) is 3.93. The number of H-pyrrole nitrogens is 1. The van der Waals surface area contributed by atoms with E-state index in [-0.39, 0.29) is 18.4 Å². The number of rotatable bonds is 7. The Hall–Kier alpha value is -3.41. The summed E-state index contributed by atoms with van der Waals surface area (Å²) in [4.78, 5) is 30.7. The van der Waals surface area contributed by atoms with Gasteiger partial charge in [-0.15, -0.1) is 0 Å². The Morgan fingerprint density at radius 2 is 2.00 bits per heavy atom. The van der Waals surface area contributed by atoms with E-state index >= 15 is 0 Å². The van der Waals surface area contributed by atoms with Gasteiger partial charge in [-0.25, -0.2) is 0 Å². The second-order valence-corrected chi connectivity index (χ2v) is 5.80. The largest absolute Gasteiger partial charge is 0.361 e. The molecule has 0 saturated carbocycles. The van der Waals surface area contributed by atoms with Crippen molar-refractivity contribution in [3.63, 3.8) is 0 Å². The highest BCUT2D eigenvalue weighted by Crippen LogP contribution is 2.17. The van der Waals surface area contributed by atoms with Crippen molar-refractivity contribution in [2.45, 2.75) is 6.42 Å². The number of nitrogens with zero attached hydrogens (tertiary/aromatic N) is 1. The molecule has 6 nitrogen and oxygen atoms in total. The molecule has 0 spiro atoms. The first-order valence-electron chi connectivity index (χ1n) is 8.40. The van der Waals surface area contributed by atoms with Crippen LogP contribution in [0.25, 0.3) is 17.0 Å². The standard InChI is InChI=1S/C20H20N4O2/c25-19(8-7-15-4-3-10-21-12-15)24-14-20(26)22-11-9-16-13-23-18-6-2-1-5-17(16)18/h1-8,10,12-13,23H,9,11,14H2,(H,22,26)(H,24,25)/b8-7+. The molecule has 6 heteroatoms. The van der Waals surface area contributed by atoms with E-state index in [2.05, 4.69) is 26.7 Å². The summed E-state index contributed by atoms with van der Waals surface area (Å²) in [6.07, 6.45) is 9.04. The van der Waals surface area contributed by atoms with Gasteiger partial charge >= 0.3 is 0 Å². The Morgan fingerprint density at radius 1 is 1.12 bits per heavy atom. The van der Waals surface area contributed by atoms with E-state index in [4.69, 9.17) is 0 Å². The normalized spacial score (nSPS) is 10.9. The molecule has 0 aliphatic rings. The molecule has 0 radical (unpaired) electrons. The average Bonchev–Trinajstić information content (AvgIpc) is 3.09. The first-order chi connectivity index (χ1) is 12.7. The van der Waals surface area contributed by atoms with Crippen molar-refractivity contribution in [3.8, 4) is 0 Å². The van der Waals surface area contributed by atoms with Crippen LogP contribution < -0.4 is 10.6 Å². The molecular formula is C20H20N4O2. The number of hydrogen-bond acceptors (Lipinski definition) is 3. The number of benzene rings is 1. The van der Waals surface area contributed by atoms with Gasteiger partial charge in [0.1, 0.15) is 0 Å². The Kier molecular flexibility index (Phi) is 5.77. The maximum absolute atomic E-state index is 11.8. The lowest BCUT2D eigenvalue weighted by Gasteiger charge is -2.05. The van der Waals surface area contributed by atoms with Crippen molar-refractivity contribution in [2.24, 2.45) is 0 Å². The average molecular weight is 348 g/mol. The van der Waals surface area contributed by atoms with Crippen LogP contribution in [0.5, 0.6) is 0 Å². The number of nitrogens with one attached hydrogen (secondary N) is 3. The smallest absolute Gasteiger partial charge is 0.244 e. The number of hydrogen-bond donors (Lipinski definition) is 3. The zero-order chi connectivity index (χ0) is 18.2. The summed E-state index contributed by atoms with van der Waals surface area (Å²) in [6.45, 7) is 0.464. The van der Waals surface area contributed by atoms with Crippen LogP contribution in [0.1, 0.15) is 11.1 Å². The number of fused-ring (bicyclic) bond motifs is 1. The summed E-state index contributed by atoms with van der Waals surface area (Å²) < 4.78 is 0. The maximum atomic E-state index is 11.8. The number of aromatic amines is 1. The zero-order valence-electron chi connectivity index (χ0n) is 14.2. The zero-order valence-corrected chi connectivity index (χ0v) is 14.2. The Bertz CT molecular complexity index is 916. The molecule has 0 fully saturated rings. The predicted octanol–water partition coefficient (Wildman–Crippen LogP) is 2.05. The third-order valence-electron chi connectivity index (χ3n) is 3.93. The van der Waals surface area contributed by atoms with Gasteiger partial charge in [-0.3, -0.25) is 14.6 Å². The minimum atomic E-state index is -0.319. The van der Waals surface area contributed by atoms with Crippen LogP contribution in [-0.2, 0) is 16.0 Å². The van der Waals surface area contributed by atoms with E-state index in [1.54, 1.807) is 24.5 Å². The lowest BCUT2D eigenvalue weighted by Crippen LogP contribution is -2.37. The molecule has 2 aromatic heterocycles. The number of amides is 2. The van der Waals surface area contributed by atoms with Crippen molar-refractivity contribution in [3.05, 3.63) is 72.2 Å². The molecule has 26 heavy (non-hydrogen) atoms. The third kappa shape index (κ3) is 4.80. The van der Waals surface area contributed by atoms with Gasteiger partial charge in [-0.2, -0.15) is 0 Å². The lowest BCUT2D eigenvalue weighted by atomic mass is 10.1. The van der Waals surface area contributed by atoms with Gasteiger partial charge in [0.15, 0.2) is 0 Å². The van der Waals surface area contributed by atoms with Crippen molar-refractivity contribution in [2.75, 3.05) is 13.1 Å². The van der Waals surface area contributed by atoms with Gasteiger partial charge in [-0.1, -0.05) is 24.3 Å². The van der Waals surface area contributed by atoms with Crippen molar-refractivity contribution in [1.82, 2.24) is 20.6 Å². The molecule has 3 N–H and O–H groups in total. The Labute approximate surface area is 151 Å². The molecule has 3 aromatic rings. The SMILES string of the molecule is O=C(/C=C/c1cccnc1)NCC(=O)NCCc1c[nH]c2ccccc12. The number of pyridine rings is 1. The minimum Gasteiger partial charge on any atom is -0.361 e. The first kappa shape index (κ1) is 17.4. The van der Waals surface area contributed by atoms with Crippen molar-refractivity contribution < 1.29 is 9.59 Å². The highest BCUT2D eigenvalue weighted by atomic mass is 16.2. The van der Waals surface area contributed by atoms with Gasteiger partial charge in [-0.05, 0) is 35.8 Å². The molecule has 0 bridgehead atoms. The van der Waals surface area contributed by atoms with Crippen LogP contribution in [0.15, 0.2) is 61.1 Å². The van der Waals surface area contributed by atoms with Crippen LogP contribution in [0.4, 0.5) is 0 Å². The summed E-state index contributed by atoms with van der Waals surface area (Å²) in [6, 6.07) is 11.7.